The number of hydrogen-bond donors (Lipinski definition) is 2. The first-order chi connectivity index (χ1) is 10.0. The highest BCUT2D eigenvalue weighted by Gasteiger charge is 2.12. The average Bonchev–Trinajstić information content (AvgIpc) is 2.57. The lowest BCUT2D eigenvalue weighted by Crippen LogP contribution is -2.20. The van der Waals surface area contributed by atoms with Crippen LogP contribution in [0.25, 0.3) is 21.7 Å². The standard InChI is InChI=1S/C14H9BClNO4/c16-9-5-12-13(17-7-9)4-2-8-1-3-10(21-15(19)20)6-11(8)14(12)18/h1-7,19-20H. The van der Waals surface area contributed by atoms with Crippen molar-refractivity contribution in [3.05, 3.63) is 57.8 Å². The van der Waals surface area contributed by atoms with E-state index < -0.39 is 7.32 Å². The summed E-state index contributed by atoms with van der Waals surface area (Å²) in [5.74, 6) is 0.184. The molecule has 0 radical (unpaired) electrons. The van der Waals surface area contributed by atoms with Crippen molar-refractivity contribution in [2.75, 3.05) is 0 Å². The summed E-state index contributed by atoms with van der Waals surface area (Å²) in [6.07, 6.45) is 1.48. The fraction of sp³-hybridized carbons (Fsp3) is 0. The highest BCUT2D eigenvalue weighted by atomic mass is 35.5. The van der Waals surface area contributed by atoms with E-state index in [9.17, 15) is 4.79 Å². The van der Waals surface area contributed by atoms with Crippen LogP contribution < -0.4 is 10.1 Å². The maximum absolute atomic E-state index is 12.6. The maximum atomic E-state index is 12.6. The van der Waals surface area contributed by atoms with E-state index in [0.29, 0.717) is 26.7 Å². The van der Waals surface area contributed by atoms with Crippen LogP contribution in [0.2, 0.25) is 5.02 Å². The van der Waals surface area contributed by atoms with Gasteiger partial charge in [-0.15, -0.1) is 0 Å². The highest BCUT2D eigenvalue weighted by molar-refractivity contribution is 6.33. The summed E-state index contributed by atoms with van der Waals surface area (Å²) in [5, 5.41) is 19.5. The van der Waals surface area contributed by atoms with Crippen molar-refractivity contribution in [3.63, 3.8) is 0 Å². The zero-order valence-electron chi connectivity index (χ0n) is 10.7. The molecule has 0 spiro atoms. The number of aromatic nitrogens is 1. The summed E-state index contributed by atoms with van der Waals surface area (Å²) < 4.78 is 4.77. The molecule has 0 saturated carbocycles. The van der Waals surface area contributed by atoms with Gasteiger partial charge in [0.2, 0.25) is 0 Å². The smallest absolute Gasteiger partial charge is 0.512 e. The minimum Gasteiger partial charge on any atom is -0.512 e. The van der Waals surface area contributed by atoms with Gasteiger partial charge in [0.25, 0.3) is 0 Å². The fourth-order valence-electron chi connectivity index (χ4n) is 2.15. The third-order valence-electron chi connectivity index (χ3n) is 3.06. The predicted octanol–water partition coefficient (Wildman–Crippen LogP) is 1.75. The Hall–Kier alpha value is -2.15. The van der Waals surface area contributed by atoms with Gasteiger partial charge in [0.1, 0.15) is 5.75 Å². The molecule has 0 amide bonds. The molecule has 0 saturated heterocycles. The van der Waals surface area contributed by atoms with E-state index in [1.165, 1.54) is 12.3 Å². The SMILES string of the molecule is O=c1c2cc(OB(O)O)ccc2ccc2ncc(Cl)cc12. The summed E-state index contributed by atoms with van der Waals surface area (Å²) in [7, 11) is -1.94. The van der Waals surface area contributed by atoms with Crippen molar-refractivity contribution in [3.8, 4) is 5.75 Å². The molecule has 2 N–H and O–H groups in total. The zero-order chi connectivity index (χ0) is 15.0. The Morgan fingerprint density at radius 3 is 2.62 bits per heavy atom. The van der Waals surface area contributed by atoms with E-state index in [1.54, 1.807) is 30.3 Å². The number of pyridine rings is 1. The van der Waals surface area contributed by atoms with E-state index in [2.05, 4.69) is 4.98 Å². The molecule has 0 fully saturated rings. The lowest BCUT2D eigenvalue weighted by atomic mass is 10.1. The molecular formula is C14H9BClNO4. The van der Waals surface area contributed by atoms with E-state index in [4.69, 9.17) is 26.3 Å². The molecule has 104 valence electrons. The van der Waals surface area contributed by atoms with Crippen LogP contribution in [-0.4, -0.2) is 22.4 Å². The maximum Gasteiger partial charge on any atom is 0.707 e. The summed E-state index contributed by atoms with van der Waals surface area (Å²) in [5.41, 5.74) is 0.281. The predicted molar refractivity (Wildman–Crippen MR) is 81.3 cm³/mol. The number of nitrogens with zero attached hydrogens (tertiary/aromatic N) is 1. The normalized spacial score (nSPS) is 10.8. The van der Waals surface area contributed by atoms with Crippen molar-refractivity contribution in [2.45, 2.75) is 0 Å². The largest absolute Gasteiger partial charge is 0.707 e. The van der Waals surface area contributed by atoms with E-state index in [1.807, 2.05) is 0 Å². The Kier molecular flexibility index (Phi) is 3.51. The minimum absolute atomic E-state index is 0.184. The van der Waals surface area contributed by atoms with Crippen LogP contribution in [-0.2, 0) is 0 Å². The lowest BCUT2D eigenvalue weighted by molar-refractivity contribution is 0.288. The zero-order valence-corrected chi connectivity index (χ0v) is 11.4. The molecule has 0 aliphatic carbocycles. The van der Waals surface area contributed by atoms with Crippen LogP contribution in [0.5, 0.6) is 5.75 Å². The molecule has 7 heteroatoms. The lowest BCUT2D eigenvalue weighted by Gasteiger charge is -2.04. The second-order valence-corrected chi connectivity index (χ2v) is 4.88. The molecule has 0 atom stereocenters. The van der Waals surface area contributed by atoms with Gasteiger partial charge >= 0.3 is 7.32 Å². The monoisotopic (exact) mass is 301 g/mol. The average molecular weight is 301 g/mol. The van der Waals surface area contributed by atoms with Crippen molar-refractivity contribution < 1.29 is 14.7 Å². The van der Waals surface area contributed by atoms with Gasteiger partial charge in [-0.25, -0.2) is 0 Å². The third-order valence-corrected chi connectivity index (χ3v) is 3.27. The first-order valence-corrected chi connectivity index (χ1v) is 6.47. The Morgan fingerprint density at radius 1 is 1.10 bits per heavy atom. The van der Waals surface area contributed by atoms with Gasteiger partial charge in [0, 0.05) is 17.0 Å². The summed E-state index contributed by atoms with van der Waals surface area (Å²) >= 11 is 5.89. The summed E-state index contributed by atoms with van der Waals surface area (Å²) in [6.45, 7) is 0. The summed E-state index contributed by atoms with van der Waals surface area (Å²) in [6, 6.07) is 9.72. The van der Waals surface area contributed by atoms with Crippen LogP contribution in [0.1, 0.15) is 0 Å². The first kappa shape index (κ1) is 13.8. The molecule has 3 aromatic rings. The summed E-state index contributed by atoms with van der Waals surface area (Å²) in [4.78, 5) is 16.7. The number of fused-ring (bicyclic) bond motifs is 2. The van der Waals surface area contributed by atoms with Gasteiger partial charge in [-0.1, -0.05) is 23.7 Å². The van der Waals surface area contributed by atoms with Crippen LogP contribution in [0.4, 0.5) is 0 Å². The van der Waals surface area contributed by atoms with E-state index >= 15 is 0 Å². The number of benzene rings is 1. The molecule has 1 heterocycles. The number of rotatable bonds is 2. The molecule has 0 aliphatic rings. The Labute approximate surface area is 124 Å². The van der Waals surface area contributed by atoms with Gasteiger partial charge in [-0.3, -0.25) is 9.78 Å². The Morgan fingerprint density at radius 2 is 1.86 bits per heavy atom. The van der Waals surface area contributed by atoms with Crippen molar-refractivity contribution in [1.29, 1.82) is 0 Å². The second kappa shape index (κ2) is 5.33. The number of hydrogen-bond acceptors (Lipinski definition) is 5. The number of halogens is 1. The van der Waals surface area contributed by atoms with Crippen LogP contribution in [0, 0.1) is 0 Å². The Balaban J connectivity index is 2.37. The molecule has 2 aromatic carbocycles. The van der Waals surface area contributed by atoms with Gasteiger partial charge in [0.15, 0.2) is 5.43 Å². The molecule has 0 unspecified atom stereocenters. The van der Waals surface area contributed by atoms with Gasteiger partial charge < -0.3 is 14.7 Å². The molecule has 21 heavy (non-hydrogen) atoms. The fourth-order valence-corrected chi connectivity index (χ4v) is 2.31. The van der Waals surface area contributed by atoms with Gasteiger partial charge in [-0.05, 0) is 29.7 Å². The van der Waals surface area contributed by atoms with Crippen molar-refractivity contribution >= 4 is 40.6 Å². The van der Waals surface area contributed by atoms with Crippen molar-refractivity contribution in [2.24, 2.45) is 0 Å². The molecule has 0 bridgehead atoms. The van der Waals surface area contributed by atoms with Crippen LogP contribution >= 0.6 is 11.6 Å². The molecule has 3 rings (SSSR count). The van der Waals surface area contributed by atoms with Gasteiger partial charge in [-0.2, -0.15) is 0 Å². The van der Waals surface area contributed by atoms with E-state index in [0.717, 1.165) is 0 Å². The third kappa shape index (κ3) is 2.69. The molecule has 1 aromatic heterocycles. The highest BCUT2D eigenvalue weighted by Crippen LogP contribution is 2.21. The molecule has 5 nitrogen and oxygen atoms in total. The van der Waals surface area contributed by atoms with Crippen molar-refractivity contribution in [1.82, 2.24) is 4.98 Å². The van der Waals surface area contributed by atoms with Crippen LogP contribution in [0.3, 0.4) is 0 Å². The van der Waals surface area contributed by atoms with Crippen LogP contribution in [0.15, 0.2) is 47.4 Å². The second-order valence-electron chi connectivity index (χ2n) is 4.44. The van der Waals surface area contributed by atoms with E-state index in [-0.39, 0.29) is 11.2 Å². The topological polar surface area (TPSA) is 79.7 Å². The minimum atomic E-state index is -1.94. The molecular weight excluding hydrogens is 292 g/mol. The van der Waals surface area contributed by atoms with Gasteiger partial charge in [0.05, 0.1) is 10.5 Å². The molecule has 0 aliphatic heterocycles. The quantitative estimate of drug-likeness (QED) is 0.705. The first-order valence-electron chi connectivity index (χ1n) is 6.10. The Bertz CT molecular complexity index is 901.